The van der Waals surface area contributed by atoms with E-state index in [2.05, 4.69) is 15.1 Å². The summed E-state index contributed by atoms with van der Waals surface area (Å²) in [6.07, 6.45) is 3.14. The first-order chi connectivity index (χ1) is 17.7. The number of aromatic nitrogens is 2. The Labute approximate surface area is 216 Å². The predicted molar refractivity (Wildman–Crippen MR) is 136 cm³/mol. The predicted octanol–water partition coefficient (Wildman–Crippen LogP) is 3.15. The summed E-state index contributed by atoms with van der Waals surface area (Å²) in [7, 11) is 0. The van der Waals surface area contributed by atoms with Crippen LogP contribution in [0.15, 0.2) is 18.2 Å². The van der Waals surface area contributed by atoms with Crippen LogP contribution < -0.4 is 10.2 Å². The molecule has 37 heavy (non-hydrogen) atoms. The number of hydrogen-bond acceptors (Lipinski definition) is 7. The molecule has 2 aliphatic heterocycles. The highest BCUT2D eigenvalue weighted by Crippen LogP contribution is 2.35. The Morgan fingerprint density at radius 3 is 2.46 bits per heavy atom. The van der Waals surface area contributed by atoms with Gasteiger partial charge in [0.05, 0.1) is 17.9 Å². The lowest BCUT2D eigenvalue weighted by Gasteiger charge is -2.39. The number of benzene rings is 1. The summed E-state index contributed by atoms with van der Waals surface area (Å²) in [6.45, 7) is 7.60. The molecular weight excluding hydrogens is 478 g/mol. The Bertz CT molecular complexity index is 1180. The Morgan fingerprint density at radius 1 is 1.03 bits per heavy atom. The maximum absolute atomic E-state index is 14.1. The van der Waals surface area contributed by atoms with E-state index < -0.39 is 11.6 Å². The Morgan fingerprint density at radius 2 is 1.78 bits per heavy atom. The maximum atomic E-state index is 14.1. The number of Topliss-reactive ketones (excluding diaryl/α,β-unsaturated/α-hetero) is 1. The van der Waals surface area contributed by atoms with Crippen LogP contribution in [0, 0.1) is 17.6 Å². The molecule has 1 aliphatic carbocycles. The third-order valence-corrected chi connectivity index (χ3v) is 7.67. The van der Waals surface area contributed by atoms with Crippen LogP contribution in [0.3, 0.4) is 0 Å². The average Bonchev–Trinajstić information content (AvgIpc) is 2.84. The van der Waals surface area contributed by atoms with Gasteiger partial charge in [0, 0.05) is 76.7 Å². The highest BCUT2D eigenvalue weighted by molar-refractivity contribution is 5.76. The molecule has 1 amide bonds. The van der Waals surface area contributed by atoms with Crippen LogP contribution in [0.25, 0.3) is 0 Å². The molecule has 198 valence electrons. The van der Waals surface area contributed by atoms with Gasteiger partial charge in [0.25, 0.3) is 0 Å². The van der Waals surface area contributed by atoms with Gasteiger partial charge in [-0.05, 0) is 31.7 Å². The number of hydrogen-bond donors (Lipinski definition) is 1. The van der Waals surface area contributed by atoms with Crippen LogP contribution in [-0.4, -0.2) is 70.2 Å². The molecule has 1 saturated carbocycles. The largest absolute Gasteiger partial charge is 0.364 e. The second-order valence-corrected chi connectivity index (χ2v) is 10.6. The van der Waals surface area contributed by atoms with Crippen LogP contribution in [0.1, 0.15) is 50.1 Å². The van der Waals surface area contributed by atoms with Crippen molar-refractivity contribution in [1.29, 1.82) is 0 Å². The smallest absolute Gasteiger partial charge is 0.219 e. The van der Waals surface area contributed by atoms with Gasteiger partial charge in [0.1, 0.15) is 17.4 Å². The molecule has 1 N–H and O–H groups in total. The van der Waals surface area contributed by atoms with E-state index >= 15 is 0 Å². The number of rotatable bonds is 7. The quantitative estimate of drug-likeness (QED) is 0.610. The minimum absolute atomic E-state index is 0.0332. The minimum Gasteiger partial charge on any atom is -0.364 e. The van der Waals surface area contributed by atoms with Crippen molar-refractivity contribution in [3.8, 4) is 0 Å². The summed E-state index contributed by atoms with van der Waals surface area (Å²) in [6, 6.07) is 3.98. The fourth-order valence-corrected chi connectivity index (χ4v) is 5.54. The standard InChI is InChI=1S/C27H34F2N6O2/c1-17(36)11-19-12-22(13-19)30-26-27(32-24-5-6-35(18(2)37)16-25(24)31-26)34-9-7-33(8-10-34)15-20-3-4-21(28)14-23(20)29/h3-4,14,19,22H,5-13,15-16H2,1-2H3,(H,30,31). The molecular formula is C27H34F2N6O2. The molecule has 5 rings (SSSR count). The Balaban J connectivity index is 1.30. The zero-order valence-electron chi connectivity index (χ0n) is 21.5. The number of anilines is 2. The molecule has 1 saturated heterocycles. The lowest BCUT2D eigenvalue weighted by molar-refractivity contribution is -0.129. The number of fused-ring (bicyclic) bond motifs is 1. The monoisotopic (exact) mass is 512 g/mol. The summed E-state index contributed by atoms with van der Waals surface area (Å²) in [4.78, 5) is 39.6. The summed E-state index contributed by atoms with van der Waals surface area (Å²) in [5, 5.41) is 3.58. The Kier molecular flexibility index (Phi) is 7.37. The van der Waals surface area contributed by atoms with Crippen molar-refractivity contribution in [3.05, 3.63) is 46.8 Å². The van der Waals surface area contributed by atoms with Crippen molar-refractivity contribution in [1.82, 2.24) is 19.8 Å². The van der Waals surface area contributed by atoms with E-state index in [0.717, 1.165) is 55.0 Å². The molecule has 0 radical (unpaired) electrons. The van der Waals surface area contributed by atoms with Gasteiger partial charge in [-0.15, -0.1) is 0 Å². The zero-order valence-corrected chi connectivity index (χ0v) is 21.5. The second-order valence-electron chi connectivity index (χ2n) is 10.6. The summed E-state index contributed by atoms with van der Waals surface area (Å²) in [5.41, 5.74) is 2.25. The van der Waals surface area contributed by atoms with Crippen molar-refractivity contribution < 1.29 is 18.4 Å². The van der Waals surface area contributed by atoms with Gasteiger partial charge in [0.2, 0.25) is 5.91 Å². The first kappa shape index (κ1) is 25.5. The third kappa shape index (κ3) is 5.89. The van der Waals surface area contributed by atoms with Crippen molar-refractivity contribution >= 4 is 23.3 Å². The van der Waals surface area contributed by atoms with Crippen LogP contribution in [0.2, 0.25) is 0 Å². The topological polar surface area (TPSA) is 81.7 Å². The number of carbonyl (C=O) groups excluding carboxylic acids is 2. The first-order valence-electron chi connectivity index (χ1n) is 13.1. The highest BCUT2D eigenvalue weighted by atomic mass is 19.1. The highest BCUT2D eigenvalue weighted by Gasteiger charge is 2.33. The van der Waals surface area contributed by atoms with Gasteiger partial charge < -0.3 is 19.9 Å². The average molecular weight is 513 g/mol. The summed E-state index contributed by atoms with van der Waals surface area (Å²) in [5.74, 6) is 1.13. The van der Waals surface area contributed by atoms with Gasteiger partial charge in [-0.2, -0.15) is 0 Å². The number of ketones is 1. The van der Waals surface area contributed by atoms with E-state index in [-0.39, 0.29) is 17.7 Å². The number of nitrogens with one attached hydrogen (secondary N) is 1. The van der Waals surface area contributed by atoms with Gasteiger partial charge >= 0.3 is 0 Å². The normalized spacial score (nSPS) is 21.8. The Hall–Kier alpha value is -3.14. The molecule has 0 atom stereocenters. The van der Waals surface area contributed by atoms with E-state index in [1.807, 2.05) is 0 Å². The fourth-order valence-electron chi connectivity index (χ4n) is 5.54. The number of halogens is 2. The zero-order chi connectivity index (χ0) is 26.1. The van der Waals surface area contributed by atoms with E-state index in [4.69, 9.17) is 9.97 Å². The van der Waals surface area contributed by atoms with Crippen LogP contribution in [0.5, 0.6) is 0 Å². The number of amides is 1. The van der Waals surface area contributed by atoms with E-state index in [9.17, 15) is 18.4 Å². The SMILES string of the molecule is CC(=O)CC1CC(Nc2nc3c(nc2N2CCN(Cc4ccc(F)cc4F)CC2)CCN(C(C)=O)C3)C1. The molecule has 2 aromatic rings. The molecule has 1 aromatic carbocycles. The van der Waals surface area contributed by atoms with Crippen LogP contribution in [-0.2, 0) is 29.1 Å². The van der Waals surface area contributed by atoms with Crippen molar-refractivity contribution in [3.63, 3.8) is 0 Å². The molecule has 0 unspecified atom stereocenters. The van der Waals surface area contributed by atoms with Gasteiger partial charge in [0.15, 0.2) is 11.6 Å². The number of carbonyl (C=O) groups is 2. The van der Waals surface area contributed by atoms with Gasteiger partial charge in [-0.1, -0.05) is 6.07 Å². The van der Waals surface area contributed by atoms with Crippen LogP contribution in [0.4, 0.5) is 20.4 Å². The van der Waals surface area contributed by atoms with Crippen molar-refractivity contribution in [2.75, 3.05) is 42.9 Å². The number of piperazine rings is 1. The lowest BCUT2D eigenvalue weighted by atomic mass is 9.77. The molecule has 3 heterocycles. The number of nitrogens with zero attached hydrogens (tertiary/aromatic N) is 5. The summed E-state index contributed by atoms with van der Waals surface area (Å²) < 4.78 is 27.4. The molecule has 0 spiro atoms. The van der Waals surface area contributed by atoms with Crippen molar-refractivity contribution in [2.45, 2.75) is 58.7 Å². The van der Waals surface area contributed by atoms with Crippen molar-refractivity contribution in [2.24, 2.45) is 5.92 Å². The van der Waals surface area contributed by atoms with E-state index in [1.54, 1.807) is 18.7 Å². The van der Waals surface area contributed by atoms with Crippen LogP contribution >= 0.6 is 0 Å². The van der Waals surface area contributed by atoms with Gasteiger partial charge in [-0.25, -0.2) is 18.7 Å². The minimum atomic E-state index is -0.567. The lowest BCUT2D eigenvalue weighted by Crippen LogP contribution is -2.47. The molecule has 10 heteroatoms. The summed E-state index contributed by atoms with van der Waals surface area (Å²) >= 11 is 0. The molecule has 1 aromatic heterocycles. The second kappa shape index (κ2) is 10.7. The molecule has 8 nitrogen and oxygen atoms in total. The molecule has 0 bridgehead atoms. The van der Waals surface area contributed by atoms with E-state index in [1.165, 1.54) is 12.1 Å². The fraction of sp³-hybridized carbons (Fsp3) is 0.556. The first-order valence-corrected chi connectivity index (χ1v) is 13.1. The van der Waals surface area contributed by atoms with Gasteiger partial charge in [-0.3, -0.25) is 9.69 Å². The maximum Gasteiger partial charge on any atom is 0.219 e. The van der Waals surface area contributed by atoms with E-state index in [0.29, 0.717) is 57.0 Å². The molecule has 2 fully saturated rings. The third-order valence-electron chi connectivity index (χ3n) is 7.67. The molecule has 3 aliphatic rings.